The topological polar surface area (TPSA) is 46.5 Å². The molecule has 0 spiro atoms. The van der Waals surface area contributed by atoms with Gasteiger partial charge in [-0.1, -0.05) is 0 Å². The Morgan fingerprint density at radius 2 is 2.00 bits per heavy atom. The molecule has 0 radical (unpaired) electrons. The van der Waals surface area contributed by atoms with E-state index < -0.39 is 20.1 Å². The van der Waals surface area contributed by atoms with Gasteiger partial charge >= 0.3 is 5.97 Å². The highest BCUT2D eigenvalue weighted by atomic mass is 79.9. The molecule has 1 N–H and O–H groups in total. The van der Waals surface area contributed by atoms with Crippen LogP contribution in [0.5, 0.6) is 5.75 Å². The summed E-state index contributed by atoms with van der Waals surface area (Å²) in [6.45, 7) is 5.88. The fraction of sp³-hybridized carbons (Fsp3) is 0.300. The summed E-state index contributed by atoms with van der Waals surface area (Å²) in [7, 11) is -1.84. The van der Waals surface area contributed by atoms with Gasteiger partial charge in [0, 0.05) is 0 Å². The quantitative estimate of drug-likeness (QED) is 0.869. The van der Waals surface area contributed by atoms with Crippen LogP contribution >= 0.6 is 15.9 Å². The maximum atomic E-state index is 13.6. The second kappa shape index (κ2) is 4.55. The molecule has 0 saturated heterocycles. The van der Waals surface area contributed by atoms with Crippen molar-refractivity contribution in [1.82, 2.24) is 0 Å². The largest absolute Gasteiger partial charge is 0.543 e. The minimum atomic E-state index is -1.84. The van der Waals surface area contributed by atoms with Crippen molar-refractivity contribution in [3.63, 3.8) is 0 Å². The fourth-order valence-corrected chi connectivity index (χ4v) is 2.51. The van der Waals surface area contributed by atoms with E-state index >= 15 is 0 Å². The van der Waals surface area contributed by atoms with Gasteiger partial charge in [-0.25, -0.2) is 9.18 Å². The van der Waals surface area contributed by atoms with Crippen LogP contribution in [-0.4, -0.2) is 19.4 Å². The molecule has 0 atom stereocenters. The monoisotopic (exact) mass is 306 g/mol. The van der Waals surface area contributed by atoms with Crippen LogP contribution in [-0.2, 0) is 0 Å². The summed E-state index contributed by atoms with van der Waals surface area (Å²) < 4.78 is 19.3. The molecular formula is C10H12BrFO3Si. The van der Waals surface area contributed by atoms with Crippen LogP contribution in [0.4, 0.5) is 4.39 Å². The Morgan fingerprint density at radius 1 is 1.44 bits per heavy atom. The van der Waals surface area contributed by atoms with E-state index in [0.29, 0.717) is 5.75 Å². The minimum absolute atomic E-state index is 0.0647. The van der Waals surface area contributed by atoms with Crippen molar-refractivity contribution in [3.05, 3.63) is 28.0 Å². The van der Waals surface area contributed by atoms with Crippen molar-refractivity contribution in [2.45, 2.75) is 19.6 Å². The normalized spacial score (nSPS) is 11.3. The third-order valence-corrected chi connectivity index (χ3v) is 3.26. The van der Waals surface area contributed by atoms with Crippen LogP contribution in [0.3, 0.4) is 0 Å². The SMILES string of the molecule is C[Si](C)(C)Oc1ccc(C(=O)O)c(F)c1Br. The highest BCUT2D eigenvalue weighted by Crippen LogP contribution is 2.31. The summed E-state index contributed by atoms with van der Waals surface area (Å²) in [6, 6.07) is 2.67. The van der Waals surface area contributed by atoms with E-state index in [-0.39, 0.29) is 10.0 Å². The lowest BCUT2D eigenvalue weighted by Crippen LogP contribution is -2.29. The van der Waals surface area contributed by atoms with Crippen molar-refractivity contribution in [3.8, 4) is 5.75 Å². The number of hydrogen-bond acceptors (Lipinski definition) is 2. The summed E-state index contributed by atoms with van der Waals surface area (Å²) in [5.74, 6) is -1.75. The smallest absolute Gasteiger partial charge is 0.338 e. The Balaban J connectivity index is 3.17. The Morgan fingerprint density at radius 3 is 2.44 bits per heavy atom. The molecule has 1 aromatic rings. The molecule has 0 aromatic heterocycles. The van der Waals surface area contributed by atoms with E-state index in [1.54, 1.807) is 0 Å². The molecule has 0 bridgehead atoms. The molecular weight excluding hydrogens is 295 g/mol. The van der Waals surface area contributed by atoms with E-state index in [9.17, 15) is 9.18 Å². The van der Waals surface area contributed by atoms with Crippen molar-refractivity contribution in [1.29, 1.82) is 0 Å². The van der Waals surface area contributed by atoms with E-state index in [1.165, 1.54) is 12.1 Å². The molecule has 3 nitrogen and oxygen atoms in total. The van der Waals surface area contributed by atoms with Gasteiger partial charge in [0.05, 0.1) is 10.0 Å². The first kappa shape index (κ1) is 13.2. The summed E-state index contributed by atoms with van der Waals surface area (Å²) in [4.78, 5) is 10.7. The lowest BCUT2D eigenvalue weighted by molar-refractivity contribution is 0.0691. The molecule has 0 aliphatic carbocycles. The van der Waals surface area contributed by atoms with Crippen LogP contribution in [0, 0.1) is 5.82 Å². The van der Waals surface area contributed by atoms with E-state index in [1.807, 2.05) is 19.6 Å². The highest BCUT2D eigenvalue weighted by Gasteiger charge is 2.22. The second-order valence-electron chi connectivity index (χ2n) is 4.26. The second-order valence-corrected chi connectivity index (χ2v) is 9.48. The van der Waals surface area contributed by atoms with Crippen molar-refractivity contribution in [2.24, 2.45) is 0 Å². The molecule has 6 heteroatoms. The predicted molar refractivity (Wildman–Crippen MR) is 65.0 cm³/mol. The Kier molecular flexibility index (Phi) is 3.74. The minimum Gasteiger partial charge on any atom is -0.543 e. The highest BCUT2D eigenvalue weighted by molar-refractivity contribution is 9.10. The van der Waals surface area contributed by atoms with Gasteiger partial charge in [-0.15, -0.1) is 0 Å². The van der Waals surface area contributed by atoms with E-state index in [2.05, 4.69) is 15.9 Å². The number of halogens is 2. The molecule has 1 rings (SSSR count). The lowest BCUT2D eigenvalue weighted by atomic mass is 10.2. The Labute approximate surface area is 102 Å². The van der Waals surface area contributed by atoms with Crippen LogP contribution in [0.1, 0.15) is 10.4 Å². The van der Waals surface area contributed by atoms with Gasteiger partial charge in [-0.3, -0.25) is 0 Å². The number of aromatic carboxylic acids is 1. The van der Waals surface area contributed by atoms with Crippen LogP contribution < -0.4 is 4.43 Å². The van der Waals surface area contributed by atoms with Crippen LogP contribution in [0.25, 0.3) is 0 Å². The standard InChI is InChI=1S/C10H12BrFO3Si/c1-16(2,3)15-7-5-4-6(10(13)14)9(12)8(7)11/h4-5H,1-3H3,(H,13,14). The number of benzene rings is 1. The van der Waals surface area contributed by atoms with E-state index in [4.69, 9.17) is 9.53 Å². The molecule has 1 aromatic carbocycles. The van der Waals surface area contributed by atoms with Gasteiger partial charge < -0.3 is 9.53 Å². The average Bonchev–Trinajstić information content (AvgIpc) is 2.10. The van der Waals surface area contributed by atoms with Gasteiger partial charge in [-0.05, 0) is 47.7 Å². The van der Waals surface area contributed by atoms with Crippen LogP contribution in [0.15, 0.2) is 16.6 Å². The molecule has 88 valence electrons. The van der Waals surface area contributed by atoms with Crippen molar-refractivity contribution >= 4 is 30.2 Å². The fourth-order valence-electron chi connectivity index (χ4n) is 1.11. The Bertz CT molecular complexity index is 429. The Hall–Kier alpha value is -0.883. The number of carboxylic acid groups (broad SMARTS) is 1. The van der Waals surface area contributed by atoms with Gasteiger partial charge in [0.1, 0.15) is 5.75 Å². The molecule has 0 amide bonds. The zero-order chi connectivity index (χ0) is 12.5. The van der Waals surface area contributed by atoms with E-state index in [0.717, 1.165) is 0 Å². The summed E-state index contributed by atoms with van der Waals surface area (Å²) in [6.07, 6.45) is 0. The first-order valence-corrected chi connectivity index (χ1v) is 8.83. The summed E-state index contributed by atoms with van der Waals surface area (Å²) in [5, 5.41) is 8.72. The lowest BCUT2D eigenvalue weighted by Gasteiger charge is -2.20. The van der Waals surface area contributed by atoms with Crippen molar-refractivity contribution in [2.75, 3.05) is 0 Å². The maximum absolute atomic E-state index is 13.6. The summed E-state index contributed by atoms with van der Waals surface area (Å²) in [5.41, 5.74) is -0.366. The molecule has 16 heavy (non-hydrogen) atoms. The van der Waals surface area contributed by atoms with Gasteiger partial charge in [0.15, 0.2) is 5.82 Å². The molecule has 0 aliphatic rings. The maximum Gasteiger partial charge on any atom is 0.338 e. The average molecular weight is 307 g/mol. The zero-order valence-electron chi connectivity index (χ0n) is 9.17. The number of rotatable bonds is 3. The molecule has 0 heterocycles. The third kappa shape index (κ3) is 3.05. The summed E-state index contributed by atoms with van der Waals surface area (Å²) >= 11 is 3.01. The number of carboxylic acids is 1. The molecule has 0 unspecified atom stereocenters. The molecule has 0 saturated carbocycles. The molecule has 0 fully saturated rings. The van der Waals surface area contributed by atoms with Crippen LogP contribution in [0.2, 0.25) is 19.6 Å². The number of carbonyl (C=O) groups is 1. The van der Waals surface area contributed by atoms with Gasteiger partial charge in [-0.2, -0.15) is 0 Å². The van der Waals surface area contributed by atoms with Crippen molar-refractivity contribution < 1.29 is 18.7 Å². The van der Waals surface area contributed by atoms with Gasteiger partial charge in [0.25, 0.3) is 0 Å². The third-order valence-electron chi connectivity index (χ3n) is 1.69. The first-order chi connectivity index (χ1) is 7.22. The first-order valence-electron chi connectivity index (χ1n) is 4.62. The predicted octanol–water partition coefficient (Wildman–Crippen LogP) is 3.50. The molecule has 0 aliphatic heterocycles. The zero-order valence-corrected chi connectivity index (χ0v) is 11.8. The van der Waals surface area contributed by atoms with Gasteiger partial charge in [0.2, 0.25) is 8.32 Å². The number of hydrogen-bond donors (Lipinski definition) is 1.